The van der Waals surface area contributed by atoms with Crippen LogP contribution in [0, 0.1) is 5.41 Å². The highest BCUT2D eigenvalue weighted by Crippen LogP contribution is 2.68. The second kappa shape index (κ2) is 16.3. The molecule has 0 fully saturated rings. The van der Waals surface area contributed by atoms with E-state index in [1.165, 1.54) is 30.5 Å². The minimum absolute atomic E-state index is 0.0383. The molecule has 0 amide bonds. The first kappa shape index (κ1) is 35.9. The van der Waals surface area contributed by atoms with Crippen molar-refractivity contribution in [1.29, 1.82) is 0 Å². The van der Waals surface area contributed by atoms with E-state index in [2.05, 4.69) is 44.2 Å². The Morgan fingerprint density at radius 1 is 1.00 bits per heavy atom. The van der Waals surface area contributed by atoms with Crippen molar-refractivity contribution < 1.29 is 28.1 Å². The lowest BCUT2D eigenvalue weighted by atomic mass is 9.66. The number of rotatable bonds is 14. The number of benzene rings is 3. The van der Waals surface area contributed by atoms with Crippen molar-refractivity contribution in [1.82, 2.24) is 0 Å². The van der Waals surface area contributed by atoms with Gasteiger partial charge in [-0.1, -0.05) is 82.0 Å². The van der Waals surface area contributed by atoms with Crippen molar-refractivity contribution in [2.24, 2.45) is 5.41 Å². The van der Waals surface area contributed by atoms with Crippen LogP contribution in [0.1, 0.15) is 88.3 Å². The number of esters is 1. The van der Waals surface area contributed by atoms with E-state index in [0.29, 0.717) is 22.8 Å². The van der Waals surface area contributed by atoms with E-state index in [9.17, 15) is 13.9 Å². The Morgan fingerprint density at radius 3 is 2.22 bits per heavy atom. The number of carbonyl (C=O) groups is 1. The summed E-state index contributed by atoms with van der Waals surface area (Å²) in [5, 5.41) is -0.418. The van der Waals surface area contributed by atoms with Gasteiger partial charge >= 0.3 is 5.97 Å². The SMILES string of the molecule is CCCCC1(CCCC)CC(c2ccccc2)c2cc(SC)c(O/C(C)=C/C(=O)OC)cc2S(O)(O)C1Cc1ccc(OC)cc1. The molecule has 0 radical (unpaired) electrons. The van der Waals surface area contributed by atoms with Gasteiger partial charge < -0.3 is 14.2 Å². The summed E-state index contributed by atoms with van der Waals surface area (Å²) in [6.45, 7) is 6.12. The fraction of sp³-hybridized carbons (Fsp3) is 0.447. The first-order chi connectivity index (χ1) is 22.1. The number of methoxy groups -OCH3 is 2. The van der Waals surface area contributed by atoms with Gasteiger partial charge in [0, 0.05) is 12.0 Å². The van der Waals surface area contributed by atoms with Crippen molar-refractivity contribution >= 4 is 28.3 Å². The summed E-state index contributed by atoms with van der Waals surface area (Å²) in [6.07, 6.45) is 10.5. The Kier molecular flexibility index (Phi) is 12.7. The van der Waals surface area contributed by atoms with Crippen LogP contribution in [0.2, 0.25) is 0 Å². The summed E-state index contributed by atoms with van der Waals surface area (Å²) >= 11 is 1.54. The number of ether oxygens (including phenoxy) is 3. The average molecular weight is 667 g/mol. The zero-order chi connectivity index (χ0) is 33.3. The van der Waals surface area contributed by atoms with Crippen LogP contribution >= 0.6 is 22.4 Å². The molecule has 1 heterocycles. The number of hydrogen-bond donors (Lipinski definition) is 2. The Morgan fingerprint density at radius 2 is 1.65 bits per heavy atom. The highest BCUT2D eigenvalue weighted by Gasteiger charge is 2.51. The third kappa shape index (κ3) is 8.14. The summed E-state index contributed by atoms with van der Waals surface area (Å²) in [6, 6.07) is 22.4. The molecule has 0 spiro atoms. The van der Waals surface area contributed by atoms with Gasteiger partial charge in [-0.3, -0.25) is 9.11 Å². The van der Waals surface area contributed by atoms with Gasteiger partial charge in [-0.25, -0.2) is 4.79 Å². The predicted molar refractivity (Wildman–Crippen MR) is 191 cm³/mol. The van der Waals surface area contributed by atoms with E-state index in [0.717, 1.165) is 66.7 Å². The molecule has 0 saturated heterocycles. The van der Waals surface area contributed by atoms with Crippen molar-refractivity contribution in [2.45, 2.75) is 93.1 Å². The van der Waals surface area contributed by atoms with Gasteiger partial charge in [0.05, 0.1) is 35.3 Å². The Labute approximate surface area is 281 Å². The minimum atomic E-state index is -3.39. The van der Waals surface area contributed by atoms with Gasteiger partial charge in [-0.05, 0) is 79.2 Å². The van der Waals surface area contributed by atoms with Gasteiger partial charge in [0.25, 0.3) is 0 Å². The lowest BCUT2D eigenvalue weighted by Crippen LogP contribution is -2.40. The first-order valence-corrected chi connectivity index (χ1v) is 19.1. The summed E-state index contributed by atoms with van der Waals surface area (Å²) in [4.78, 5) is 13.4. The van der Waals surface area contributed by atoms with Crippen LogP contribution in [0.25, 0.3) is 0 Å². The maximum Gasteiger partial charge on any atom is 0.333 e. The third-order valence-electron chi connectivity index (χ3n) is 9.32. The molecule has 1 aliphatic heterocycles. The van der Waals surface area contributed by atoms with E-state index in [1.807, 2.05) is 42.7 Å². The molecule has 0 bridgehead atoms. The van der Waals surface area contributed by atoms with Crippen molar-refractivity contribution in [3.05, 3.63) is 95.3 Å². The summed E-state index contributed by atoms with van der Waals surface area (Å²) in [5.41, 5.74) is 2.83. The molecule has 250 valence electrons. The molecule has 2 atom stereocenters. The maximum atomic E-state index is 12.8. The molecule has 2 N–H and O–H groups in total. The molecule has 3 aromatic carbocycles. The quantitative estimate of drug-likeness (QED) is 0.0766. The molecule has 2 unspecified atom stereocenters. The molecule has 3 aromatic rings. The molecule has 0 saturated carbocycles. The number of thioether (sulfide) groups is 1. The number of fused-ring (bicyclic) bond motifs is 1. The van der Waals surface area contributed by atoms with Crippen molar-refractivity contribution in [3.8, 4) is 11.5 Å². The number of allylic oxidation sites excluding steroid dienone is 1. The third-order valence-corrected chi connectivity index (χ3v) is 12.5. The molecule has 4 rings (SSSR count). The molecule has 1 aliphatic rings. The van der Waals surface area contributed by atoms with E-state index in [1.54, 1.807) is 14.0 Å². The predicted octanol–water partition coefficient (Wildman–Crippen LogP) is 10.5. The maximum absolute atomic E-state index is 12.8. The Bertz CT molecular complexity index is 1460. The van der Waals surface area contributed by atoms with Crippen LogP contribution in [-0.2, 0) is 16.0 Å². The highest BCUT2D eigenvalue weighted by molar-refractivity contribution is 8.25. The van der Waals surface area contributed by atoms with Crippen LogP contribution in [0.5, 0.6) is 11.5 Å². The van der Waals surface area contributed by atoms with E-state index in [-0.39, 0.29) is 11.3 Å². The minimum Gasteiger partial charge on any atom is -0.497 e. The van der Waals surface area contributed by atoms with E-state index in [4.69, 9.17) is 14.2 Å². The number of carbonyl (C=O) groups excluding carboxylic acids is 1. The summed E-state index contributed by atoms with van der Waals surface area (Å²) < 4.78 is 42.1. The monoisotopic (exact) mass is 666 g/mol. The molecule has 0 aliphatic carbocycles. The molecule has 46 heavy (non-hydrogen) atoms. The lowest BCUT2D eigenvalue weighted by molar-refractivity contribution is -0.135. The molecule has 6 nitrogen and oxygen atoms in total. The van der Waals surface area contributed by atoms with E-state index < -0.39 is 21.8 Å². The average Bonchev–Trinajstić information content (AvgIpc) is 3.14. The second-order valence-electron chi connectivity index (χ2n) is 12.3. The van der Waals surface area contributed by atoms with Crippen LogP contribution in [-0.4, -0.2) is 40.8 Å². The van der Waals surface area contributed by atoms with Gasteiger partial charge in [0.2, 0.25) is 0 Å². The summed E-state index contributed by atoms with van der Waals surface area (Å²) in [5.74, 6) is 1.08. The van der Waals surface area contributed by atoms with Crippen molar-refractivity contribution in [2.75, 3.05) is 20.5 Å². The topological polar surface area (TPSA) is 85.2 Å². The number of hydrogen-bond acceptors (Lipinski definition) is 7. The Hall–Kier alpha value is -2.91. The van der Waals surface area contributed by atoms with Crippen LogP contribution in [0.15, 0.2) is 88.4 Å². The first-order valence-electron chi connectivity index (χ1n) is 16.2. The zero-order valence-electron chi connectivity index (χ0n) is 28.1. The van der Waals surface area contributed by atoms with Crippen molar-refractivity contribution in [3.63, 3.8) is 0 Å². The standard InChI is InChI=1S/C38H50O6S2/c1-7-9-20-38(21-10-8-2)26-32(29-14-12-11-13-15-29)31-24-34(45-6)33(44-27(3)22-37(39)43-5)25-35(31)46(40,41)36(38)23-28-16-18-30(42-4)19-17-28/h11-19,22,24-25,32,36,40-41H,7-10,20-21,23,26H2,1-6H3/b27-22+. The molecule has 0 aromatic heterocycles. The fourth-order valence-corrected chi connectivity index (χ4v) is 10.0. The normalized spacial score (nSPS) is 19.4. The van der Waals surface area contributed by atoms with Crippen LogP contribution < -0.4 is 9.47 Å². The van der Waals surface area contributed by atoms with E-state index >= 15 is 0 Å². The fourth-order valence-electron chi connectivity index (χ4n) is 6.91. The van der Waals surface area contributed by atoms with Gasteiger partial charge in [0.15, 0.2) is 0 Å². The van der Waals surface area contributed by atoms with Crippen LogP contribution in [0.4, 0.5) is 0 Å². The van der Waals surface area contributed by atoms with Gasteiger partial charge in [-0.2, -0.15) is 10.6 Å². The molecular formula is C38H50O6S2. The smallest absolute Gasteiger partial charge is 0.333 e. The largest absolute Gasteiger partial charge is 0.497 e. The van der Waals surface area contributed by atoms with Gasteiger partial charge in [-0.15, -0.1) is 11.8 Å². The highest BCUT2D eigenvalue weighted by atomic mass is 32.3. The summed E-state index contributed by atoms with van der Waals surface area (Å²) in [7, 11) is -0.403. The molecule has 8 heteroatoms. The van der Waals surface area contributed by atoms with Crippen LogP contribution in [0.3, 0.4) is 0 Å². The zero-order valence-corrected chi connectivity index (χ0v) is 29.7. The Balaban J connectivity index is 2.00. The van der Waals surface area contributed by atoms with Gasteiger partial charge in [0.1, 0.15) is 17.3 Å². The lowest BCUT2D eigenvalue weighted by Gasteiger charge is -2.50. The second-order valence-corrected chi connectivity index (χ2v) is 15.3. The number of unbranched alkanes of at least 4 members (excludes halogenated alkanes) is 2. The molecular weight excluding hydrogens is 617 g/mol.